The van der Waals surface area contributed by atoms with Crippen molar-refractivity contribution < 1.29 is 9.21 Å². The first-order valence-corrected chi connectivity index (χ1v) is 5.44. The molecule has 0 aliphatic rings. The fourth-order valence-electron chi connectivity index (χ4n) is 1.47. The molecule has 16 heavy (non-hydrogen) atoms. The average molecular weight is 235 g/mol. The number of aryl methyl sites for hydroxylation is 1. The lowest BCUT2D eigenvalue weighted by atomic mass is 10.1. The minimum atomic E-state index is 0.0277. The molecule has 0 aliphatic heterocycles. The Morgan fingerprint density at radius 3 is 2.56 bits per heavy atom. The van der Waals surface area contributed by atoms with E-state index in [0.717, 1.165) is 5.56 Å². The van der Waals surface area contributed by atoms with Crippen molar-refractivity contribution in [2.75, 3.05) is 0 Å². The predicted molar refractivity (Wildman–Crippen MR) is 62.8 cm³/mol. The molecule has 0 bridgehead atoms. The van der Waals surface area contributed by atoms with Crippen LogP contribution in [0.2, 0.25) is 5.02 Å². The fraction of sp³-hybridized carbons (Fsp3) is 0.154. The first-order valence-electron chi connectivity index (χ1n) is 5.07. The molecule has 1 heterocycles. The molecule has 2 aromatic rings. The summed E-state index contributed by atoms with van der Waals surface area (Å²) in [6.45, 7) is 0. The summed E-state index contributed by atoms with van der Waals surface area (Å²) < 4.78 is 5.03. The zero-order valence-electron chi connectivity index (χ0n) is 8.65. The molecule has 0 aliphatic carbocycles. The monoisotopic (exact) mass is 234 g/mol. The van der Waals surface area contributed by atoms with Crippen molar-refractivity contribution in [3.63, 3.8) is 0 Å². The smallest absolute Gasteiger partial charge is 0.198 e. The van der Waals surface area contributed by atoms with Crippen LogP contribution in [0.1, 0.15) is 22.5 Å². The van der Waals surface area contributed by atoms with Gasteiger partial charge < -0.3 is 4.42 Å². The summed E-state index contributed by atoms with van der Waals surface area (Å²) in [6, 6.07) is 10.9. The number of benzene rings is 1. The van der Waals surface area contributed by atoms with E-state index in [-0.39, 0.29) is 5.78 Å². The second kappa shape index (κ2) is 4.99. The van der Waals surface area contributed by atoms with Crippen molar-refractivity contribution in [3.05, 3.63) is 59.0 Å². The van der Waals surface area contributed by atoms with E-state index in [1.807, 2.05) is 24.3 Å². The van der Waals surface area contributed by atoms with Gasteiger partial charge in [-0.05, 0) is 36.2 Å². The van der Waals surface area contributed by atoms with Crippen LogP contribution in [0.25, 0.3) is 0 Å². The second-order valence-corrected chi connectivity index (χ2v) is 3.96. The van der Waals surface area contributed by atoms with Crippen LogP contribution in [-0.4, -0.2) is 5.78 Å². The van der Waals surface area contributed by atoms with Gasteiger partial charge in [-0.2, -0.15) is 0 Å². The number of Topliss-reactive ketones (excluding diaryl/α,β-unsaturated/α-hetero) is 1. The van der Waals surface area contributed by atoms with Gasteiger partial charge in [-0.3, -0.25) is 4.79 Å². The summed E-state index contributed by atoms with van der Waals surface area (Å²) >= 11 is 5.77. The van der Waals surface area contributed by atoms with Gasteiger partial charge in [-0.25, -0.2) is 0 Å². The molecule has 0 spiro atoms. The molecule has 0 fully saturated rings. The van der Waals surface area contributed by atoms with Crippen LogP contribution < -0.4 is 0 Å². The molecule has 2 rings (SSSR count). The number of carbonyl (C=O) groups is 1. The van der Waals surface area contributed by atoms with E-state index < -0.39 is 0 Å². The number of hydrogen-bond acceptors (Lipinski definition) is 2. The molecule has 0 unspecified atom stereocenters. The molecule has 0 N–H and O–H groups in total. The van der Waals surface area contributed by atoms with Crippen LogP contribution in [0.5, 0.6) is 0 Å². The highest BCUT2D eigenvalue weighted by molar-refractivity contribution is 6.30. The lowest BCUT2D eigenvalue weighted by Crippen LogP contribution is -1.99. The Kier molecular flexibility index (Phi) is 3.42. The molecule has 0 atom stereocenters. The zero-order chi connectivity index (χ0) is 11.4. The number of halogens is 1. The fourth-order valence-corrected chi connectivity index (χ4v) is 1.60. The molecule has 82 valence electrons. The first kappa shape index (κ1) is 11.0. The number of ketones is 1. The highest BCUT2D eigenvalue weighted by atomic mass is 35.5. The number of hydrogen-bond donors (Lipinski definition) is 0. The number of rotatable bonds is 4. The van der Waals surface area contributed by atoms with Gasteiger partial charge in [0.1, 0.15) is 0 Å². The van der Waals surface area contributed by atoms with Crippen molar-refractivity contribution in [2.45, 2.75) is 12.8 Å². The van der Waals surface area contributed by atoms with Gasteiger partial charge in [0.05, 0.1) is 6.26 Å². The standard InChI is InChI=1S/C13H11ClO2/c14-11-6-3-10(4-7-11)5-8-12(15)13-2-1-9-16-13/h1-4,6-7,9H,5,8H2. The number of carbonyl (C=O) groups excluding carboxylic acids is 1. The van der Waals surface area contributed by atoms with Crippen molar-refractivity contribution in [1.29, 1.82) is 0 Å². The van der Waals surface area contributed by atoms with Gasteiger partial charge in [0.15, 0.2) is 11.5 Å². The van der Waals surface area contributed by atoms with Crippen LogP contribution in [0, 0.1) is 0 Å². The molecular formula is C13H11ClO2. The highest BCUT2D eigenvalue weighted by Gasteiger charge is 2.08. The Balaban J connectivity index is 1.93. The van der Waals surface area contributed by atoms with Crippen molar-refractivity contribution >= 4 is 17.4 Å². The zero-order valence-corrected chi connectivity index (χ0v) is 9.41. The molecule has 0 amide bonds. The van der Waals surface area contributed by atoms with Crippen molar-refractivity contribution in [3.8, 4) is 0 Å². The van der Waals surface area contributed by atoms with E-state index in [1.165, 1.54) is 6.26 Å². The maximum Gasteiger partial charge on any atom is 0.198 e. The minimum Gasteiger partial charge on any atom is -0.461 e. The maximum atomic E-state index is 11.6. The Bertz CT molecular complexity index is 457. The Hall–Kier alpha value is -1.54. The molecular weight excluding hydrogens is 224 g/mol. The summed E-state index contributed by atoms with van der Waals surface area (Å²) in [4.78, 5) is 11.6. The largest absolute Gasteiger partial charge is 0.461 e. The molecule has 1 aromatic carbocycles. The van der Waals surface area contributed by atoms with E-state index in [4.69, 9.17) is 16.0 Å². The minimum absolute atomic E-state index is 0.0277. The lowest BCUT2D eigenvalue weighted by molar-refractivity contribution is 0.0956. The Morgan fingerprint density at radius 2 is 1.94 bits per heavy atom. The topological polar surface area (TPSA) is 30.2 Å². The molecule has 2 nitrogen and oxygen atoms in total. The van der Waals surface area contributed by atoms with E-state index in [0.29, 0.717) is 23.6 Å². The van der Waals surface area contributed by atoms with Crippen LogP contribution >= 0.6 is 11.6 Å². The van der Waals surface area contributed by atoms with Crippen LogP contribution in [0.4, 0.5) is 0 Å². The van der Waals surface area contributed by atoms with E-state index in [9.17, 15) is 4.79 Å². The predicted octanol–water partition coefficient (Wildman–Crippen LogP) is 3.75. The van der Waals surface area contributed by atoms with Gasteiger partial charge in [0.2, 0.25) is 0 Å². The van der Waals surface area contributed by atoms with Crippen LogP contribution in [0.3, 0.4) is 0 Å². The molecule has 1 aromatic heterocycles. The quantitative estimate of drug-likeness (QED) is 0.755. The normalized spacial score (nSPS) is 10.3. The molecule has 0 radical (unpaired) electrons. The third-order valence-corrected chi connectivity index (χ3v) is 2.60. The van der Waals surface area contributed by atoms with Gasteiger partial charge in [-0.1, -0.05) is 23.7 Å². The third-order valence-electron chi connectivity index (χ3n) is 2.35. The maximum absolute atomic E-state index is 11.6. The second-order valence-electron chi connectivity index (χ2n) is 3.53. The van der Waals surface area contributed by atoms with Crippen LogP contribution in [0.15, 0.2) is 47.1 Å². The third kappa shape index (κ3) is 2.74. The number of furan rings is 1. The summed E-state index contributed by atoms with van der Waals surface area (Å²) in [5.74, 6) is 0.453. The van der Waals surface area contributed by atoms with Gasteiger partial charge in [0.25, 0.3) is 0 Å². The van der Waals surface area contributed by atoms with E-state index in [1.54, 1.807) is 12.1 Å². The molecule has 3 heteroatoms. The summed E-state index contributed by atoms with van der Waals surface area (Å²) in [5.41, 5.74) is 1.10. The lowest BCUT2D eigenvalue weighted by Gasteiger charge is -1.99. The van der Waals surface area contributed by atoms with Crippen LogP contribution in [-0.2, 0) is 6.42 Å². The van der Waals surface area contributed by atoms with Crippen molar-refractivity contribution in [1.82, 2.24) is 0 Å². The van der Waals surface area contributed by atoms with E-state index in [2.05, 4.69) is 0 Å². The van der Waals surface area contributed by atoms with E-state index >= 15 is 0 Å². The Labute approximate surface area is 98.8 Å². The first-order chi connectivity index (χ1) is 7.75. The van der Waals surface area contributed by atoms with Gasteiger partial charge in [0, 0.05) is 11.4 Å². The highest BCUT2D eigenvalue weighted by Crippen LogP contribution is 2.12. The molecule has 0 saturated heterocycles. The average Bonchev–Trinajstić information content (AvgIpc) is 2.81. The van der Waals surface area contributed by atoms with Gasteiger partial charge >= 0.3 is 0 Å². The summed E-state index contributed by atoms with van der Waals surface area (Å²) in [6.07, 6.45) is 2.67. The summed E-state index contributed by atoms with van der Waals surface area (Å²) in [7, 11) is 0. The van der Waals surface area contributed by atoms with Gasteiger partial charge in [-0.15, -0.1) is 0 Å². The summed E-state index contributed by atoms with van der Waals surface area (Å²) in [5, 5.41) is 0.709. The Morgan fingerprint density at radius 1 is 1.19 bits per heavy atom. The SMILES string of the molecule is O=C(CCc1ccc(Cl)cc1)c1ccco1. The van der Waals surface area contributed by atoms with Crippen molar-refractivity contribution in [2.24, 2.45) is 0 Å². The molecule has 0 saturated carbocycles.